The van der Waals surface area contributed by atoms with E-state index in [9.17, 15) is 8.42 Å². The number of H-pyrrole nitrogens is 1. The largest absolute Gasteiger partial charge is 0.453 e. The molecule has 10 heteroatoms. The van der Waals surface area contributed by atoms with Gasteiger partial charge in [-0.1, -0.05) is 18.2 Å². The number of rotatable bonds is 5. The molecule has 0 aliphatic carbocycles. The van der Waals surface area contributed by atoms with Crippen LogP contribution in [-0.2, 0) is 21.6 Å². The number of aryl methyl sites for hydroxylation is 1. The lowest BCUT2D eigenvalue weighted by Gasteiger charge is -2.21. The Morgan fingerprint density at radius 2 is 1.91 bits per heavy atom. The topological polar surface area (TPSA) is 99.1 Å². The van der Waals surface area contributed by atoms with Crippen molar-refractivity contribution in [2.45, 2.75) is 28.6 Å². The van der Waals surface area contributed by atoms with Gasteiger partial charge in [-0.25, -0.2) is 13.4 Å². The maximum atomic E-state index is 13.6. The molecule has 1 aliphatic rings. The number of nitrogens with one attached hydrogen (secondary N) is 1. The predicted octanol–water partition coefficient (Wildman–Crippen LogP) is 4.42. The van der Waals surface area contributed by atoms with Crippen LogP contribution in [0.4, 0.5) is 0 Å². The van der Waals surface area contributed by atoms with Gasteiger partial charge in [-0.3, -0.25) is 5.10 Å². The first-order valence-corrected chi connectivity index (χ1v) is 12.8. The Labute approximate surface area is 199 Å². The normalized spacial score (nSPS) is 15.3. The van der Waals surface area contributed by atoms with E-state index in [0.29, 0.717) is 39.4 Å². The van der Waals surface area contributed by atoms with Gasteiger partial charge in [0.2, 0.25) is 9.84 Å². The van der Waals surface area contributed by atoms with E-state index < -0.39 is 9.84 Å². The third kappa shape index (κ3) is 3.59. The Hall–Kier alpha value is -2.44. The number of fused-ring (bicyclic) bond motifs is 1. The monoisotopic (exact) mass is 564 g/mol. The van der Waals surface area contributed by atoms with Crippen molar-refractivity contribution in [3.8, 4) is 11.5 Å². The van der Waals surface area contributed by atoms with Gasteiger partial charge in [-0.2, -0.15) is 5.10 Å². The van der Waals surface area contributed by atoms with E-state index in [2.05, 4.69) is 37.8 Å². The molecule has 5 rings (SSSR count). The number of sulfone groups is 1. The van der Waals surface area contributed by atoms with Gasteiger partial charge in [0.1, 0.15) is 20.0 Å². The molecule has 1 N–H and O–H groups in total. The molecule has 0 amide bonds. The van der Waals surface area contributed by atoms with E-state index >= 15 is 0 Å². The van der Waals surface area contributed by atoms with E-state index in [0.717, 1.165) is 18.5 Å². The SMILES string of the molecule is Cn1c(I)c(S(=O)(=O)c2ccccc2)c2c(Oc3cn[nH]c3C3CCOCC3)ccnc21. The second kappa shape index (κ2) is 8.49. The molecule has 0 radical (unpaired) electrons. The number of aromatic amines is 1. The first-order chi connectivity index (χ1) is 15.5. The van der Waals surface area contributed by atoms with Crippen LogP contribution in [0.25, 0.3) is 11.0 Å². The lowest BCUT2D eigenvalue weighted by Crippen LogP contribution is -2.15. The summed E-state index contributed by atoms with van der Waals surface area (Å²) in [5, 5.41) is 7.70. The van der Waals surface area contributed by atoms with Crippen molar-refractivity contribution in [2.75, 3.05) is 13.2 Å². The summed E-state index contributed by atoms with van der Waals surface area (Å²) >= 11 is 2.05. The molecule has 0 unspecified atom stereocenters. The fraction of sp³-hybridized carbons (Fsp3) is 0.273. The lowest BCUT2D eigenvalue weighted by molar-refractivity contribution is 0.0841. The predicted molar refractivity (Wildman–Crippen MR) is 127 cm³/mol. The summed E-state index contributed by atoms with van der Waals surface area (Å²) in [5.74, 6) is 1.27. The van der Waals surface area contributed by atoms with Gasteiger partial charge in [0.05, 0.1) is 22.2 Å². The fourth-order valence-corrected chi connectivity index (χ4v) is 7.00. The summed E-state index contributed by atoms with van der Waals surface area (Å²) in [6.45, 7) is 1.39. The van der Waals surface area contributed by atoms with Crippen LogP contribution in [0.3, 0.4) is 0 Å². The van der Waals surface area contributed by atoms with Crippen molar-refractivity contribution in [2.24, 2.45) is 7.05 Å². The number of hydrogen-bond donors (Lipinski definition) is 1. The maximum absolute atomic E-state index is 13.6. The minimum absolute atomic E-state index is 0.195. The number of nitrogens with zero attached hydrogens (tertiary/aromatic N) is 3. The first-order valence-electron chi connectivity index (χ1n) is 10.2. The van der Waals surface area contributed by atoms with Crippen LogP contribution in [0.1, 0.15) is 24.5 Å². The van der Waals surface area contributed by atoms with Crippen molar-refractivity contribution < 1.29 is 17.9 Å². The second-order valence-electron chi connectivity index (χ2n) is 7.64. The van der Waals surface area contributed by atoms with Crippen LogP contribution < -0.4 is 4.74 Å². The third-order valence-corrected chi connectivity index (χ3v) is 9.18. The third-order valence-electron chi connectivity index (χ3n) is 5.72. The Morgan fingerprint density at radius 3 is 2.66 bits per heavy atom. The molecule has 1 fully saturated rings. The van der Waals surface area contributed by atoms with Crippen LogP contribution in [0.15, 0.2) is 58.6 Å². The lowest BCUT2D eigenvalue weighted by atomic mass is 9.96. The minimum atomic E-state index is -3.80. The number of halogens is 1. The van der Waals surface area contributed by atoms with E-state index in [-0.39, 0.29) is 15.7 Å². The van der Waals surface area contributed by atoms with Crippen LogP contribution in [0, 0.1) is 3.70 Å². The molecule has 4 aromatic rings. The van der Waals surface area contributed by atoms with Crippen LogP contribution in [-0.4, -0.2) is 41.4 Å². The molecule has 1 saturated heterocycles. The van der Waals surface area contributed by atoms with Gasteiger partial charge in [0.25, 0.3) is 0 Å². The molecule has 1 aliphatic heterocycles. The molecule has 0 bridgehead atoms. The van der Waals surface area contributed by atoms with Gasteiger partial charge >= 0.3 is 0 Å². The fourth-order valence-electron chi connectivity index (χ4n) is 4.06. The van der Waals surface area contributed by atoms with E-state index in [1.165, 1.54) is 0 Å². The zero-order valence-corrected chi connectivity index (χ0v) is 20.3. The second-order valence-corrected chi connectivity index (χ2v) is 10.5. The molecule has 8 nitrogen and oxygen atoms in total. The Bertz CT molecular complexity index is 1380. The molecular formula is C22H21IN4O4S. The quantitative estimate of drug-likeness (QED) is 0.361. The summed E-state index contributed by atoms with van der Waals surface area (Å²) in [4.78, 5) is 4.87. The van der Waals surface area contributed by atoms with Crippen molar-refractivity contribution in [1.29, 1.82) is 0 Å². The molecular weight excluding hydrogens is 543 g/mol. The Balaban J connectivity index is 1.65. The molecule has 0 saturated carbocycles. The maximum Gasteiger partial charge on any atom is 0.210 e. The Kier molecular flexibility index (Phi) is 5.68. The molecule has 166 valence electrons. The smallest absolute Gasteiger partial charge is 0.210 e. The number of ether oxygens (including phenoxy) is 2. The number of aromatic nitrogens is 4. The van der Waals surface area contributed by atoms with Crippen molar-refractivity contribution >= 4 is 43.5 Å². The number of pyridine rings is 1. The van der Waals surface area contributed by atoms with Crippen molar-refractivity contribution in [3.63, 3.8) is 0 Å². The highest BCUT2D eigenvalue weighted by molar-refractivity contribution is 14.1. The number of benzene rings is 1. The average molecular weight is 564 g/mol. The molecule has 0 spiro atoms. The minimum Gasteiger partial charge on any atom is -0.453 e. The number of hydrogen-bond acceptors (Lipinski definition) is 6. The summed E-state index contributed by atoms with van der Waals surface area (Å²) < 4.78 is 41.3. The Morgan fingerprint density at radius 1 is 1.16 bits per heavy atom. The van der Waals surface area contributed by atoms with E-state index in [4.69, 9.17) is 9.47 Å². The zero-order valence-electron chi connectivity index (χ0n) is 17.3. The van der Waals surface area contributed by atoms with Crippen LogP contribution in [0.2, 0.25) is 0 Å². The van der Waals surface area contributed by atoms with Crippen molar-refractivity contribution in [3.05, 3.63) is 58.2 Å². The first kappa shape index (κ1) is 21.4. The van der Waals surface area contributed by atoms with E-state index in [1.807, 2.05) is 0 Å². The van der Waals surface area contributed by atoms with E-state index in [1.54, 1.807) is 60.4 Å². The van der Waals surface area contributed by atoms with Crippen LogP contribution in [0.5, 0.6) is 11.5 Å². The zero-order chi connectivity index (χ0) is 22.3. The van der Waals surface area contributed by atoms with Gasteiger partial charge in [0.15, 0.2) is 5.75 Å². The highest BCUT2D eigenvalue weighted by atomic mass is 127. The molecule has 32 heavy (non-hydrogen) atoms. The average Bonchev–Trinajstić information content (AvgIpc) is 3.38. The summed E-state index contributed by atoms with van der Waals surface area (Å²) in [6, 6.07) is 10.1. The summed E-state index contributed by atoms with van der Waals surface area (Å²) in [7, 11) is -1.99. The van der Waals surface area contributed by atoms with Crippen LogP contribution >= 0.6 is 22.6 Å². The molecule has 0 atom stereocenters. The van der Waals surface area contributed by atoms with Gasteiger partial charge in [0, 0.05) is 32.4 Å². The standard InChI is InChI=1S/C22H21IN4O4S/c1-27-21(23)20(32(28,29)15-5-3-2-4-6-15)18-16(7-10-24-22(18)27)31-17-13-25-26-19(17)14-8-11-30-12-9-14/h2-7,10,13-14H,8-9,11-12H2,1H3,(H,25,26). The molecule has 3 aromatic heterocycles. The molecule has 1 aromatic carbocycles. The highest BCUT2D eigenvalue weighted by Gasteiger charge is 2.30. The van der Waals surface area contributed by atoms with Gasteiger partial charge < -0.3 is 14.0 Å². The van der Waals surface area contributed by atoms with Gasteiger partial charge in [-0.15, -0.1) is 0 Å². The van der Waals surface area contributed by atoms with Crippen molar-refractivity contribution in [1.82, 2.24) is 19.7 Å². The molecule has 4 heterocycles. The summed E-state index contributed by atoms with van der Waals surface area (Å²) in [5.41, 5.74) is 1.44. The summed E-state index contributed by atoms with van der Waals surface area (Å²) in [6.07, 6.45) is 5.01. The highest BCUT2D eigenvalue weighted by Crippen LogP contribution is 2.41. The van der Waals surface area contributed by atoms with Gasteiger partial charge in [-0.05, 0) is 53.6 Å².